The summed E-state index contributed by atoms with van der Waals surface area (Å²) in [6.45, 7) is 5.72. The molecule has 0 heterocycles. The second-order valence-electron chi connectivity index (χ2n) is 5.57. The summed E-state index contributed by atoms with van der Waals surface area (Å²) >= 11 is 0. The van der Waals surface area contributed by atoms with Crippen molar-refractivity contribution >= 4 is 11.9 Å². The number of hydrogen-bond donors (Lipinski definition) is 2. The molecule has 1 fully saturated rings. The van der Waals surface area contributed by atoms with Crippen molar-refractivity contribution in [3.8, 4) is 0 Å². The van der Waals surface area contributed by atoms with Crippen LogP contribution >= 0.6 is 0 Å². The molecule has 2 N–H and O–H groups in total. The first-order valence-electron chi connectivity index (χ1n) is 5.86. The minimum atomic E-state index is -0.839. The van der Waals surface area contributed by atoms with Gasteiger partial charge in [-0.25, -0.2) is 0 Å². The number of carboxylic acids is 1. The minimum absolute atomic E-state index is 0.111. The molecular formula is C12H21NO3. The van der Waals surface area contributed by atoms with E-state index in [-0.39, 0.29) is 17.4 Å². The summed E-state index contributed by atoms with van der Waals surface area (Å²) in [5, 5.41) is 11.9. The van der Waals surface area contributed by atoms with Gasteiger partial charge in [0.25, 0.3) is 0 Å². The number of nitrogens with one attached hydrogen (secondary N) is 1. The predicted molar refractivity (Wildman–Crippen MR) is 61.0 cm³/mol. The number of aliphatic carboxylic acids is 1. The second kappa shape index (κ2) is 4.85. The van der Waals surface area contributed by atoms with E-state index in [1.807, 2.05) is 20.8 Å². The molecule has 2 atom stereocenters. The van der Waals surface area contributed by atoms with Crippen molar-refractivity contribution in [3.05, 3.63) is 0 Å². The molecule has 16 heavy (non-hydrogen) atoms. The monoisotopic (exact) mass is 227 g/mol. The number of hydrogen-bond acceptors (Lipinski definition) is 2. The van der Waals surface area contributed by atoms with Gasteiger partial charge in [-0.1, -0.05) is 12.8 Å². The van der Waals surface area contributed by atoms with Crippen LogP contribution in [0, 0.1) is 11.8 Å². The van der Waals surface area contributed by atoms with Crippen LogP contribution in [0.2, 0.25) is 0 Å². The Morgan fingerprint density at radius 2 is 1.62 bits per heavy atom. The van der Waals surface area contributed by atoms with Crippen LogP contribution in [0.5, 0.6) is 0 Å². The lowest BCUT2D eigenvalue weighted by atomic mass is 9.78. The van der Waals surface area contributed by atoms with Gasteiger partial charge in [0.1, 0.15) is 0 Å². The average molecular weight is 227 g/mol. The minimum Gasteiger partial charge on any atom is -0.481 e. The largest absolute Gasteiger partial charge is 0.481 e. The van der Waals surface area contributed by atoms with Gasteiger partial charge in [0, 0.05) is 5.54 Å². The van der Waals surface area contributed by atoms with Crippen molar-refractivity contribution in [3.63, 3.8) is 0 Å². The lowest BCUT2D eigenvalue weighted by Gasteiger charge is -2.30. The molecule has 1 rings (SSSR count). The maximum Gasteiger partial charge on any atom is 0.307 e. The number of amides is 1. The van der Waals surface area contributed by atoms with Gasteiger partial charge >= 0.3 is 5.97 Å². The van der Waals surface area contributed by atoms with Gasteiger partial charge in [-0.15, -0.1) is 0 Å². The zero-order valence-electron chi connectivity index (χ0n) is 10.2. The lowest BCUT2D eigenvalue weighted by molar-refractivity contribution is -0.149. The highest BCUT2D eigenvalue weighted by Crippen LogP contribution is 2.30. The van der Waals surface area contributed by atoms with Gasteiger partial charge in [0.15, 0.2) is 0 Å². The molecule has 0 aromatic rings. The molecule has 0 bridgehead atoms. The molecular weight excluding hydrogens is 206 g/mol. The Morgan fingerprint density at radius 3 is 2.06 bits per heavy atom. The van der Waals surface area contributed by atoms with E-state index < -0.39 is 11.9 Å². The van der Waals surface area contributed by atoms with E-state index in [2.05, 4.69) is 5.32 Å². The van der Waals surface area contributed by atoms with Crippen LogP contribution in [-0.4, -0.2) is 22.5 Å². The Kier molecular flexibility index (Phi) is 3.94. The van der Waals surface area contributed by atoms with Gasteiger partial charge in [-0.3, -0.25) is 9.59 Å². The van der Waals surface area contributed by atoms with Crippen molar-refractivity contribution in [1.29, 1.82) is 0 Å². The lowest BCUT2D eigenvalue weighted by Crippen LogP contribution is -2.47. The molecule has 92 valence electrons. The van der Waals surface area contributed by atoms with E-state index in [1.54, 1.807) is 0 Å². The number of carbonyl (C=O) groups excluding carboxylic acids is 1. The Balaban J connectivity index is 2.68. The molecule has 1 aliphatic carbocycles. The second-order valence-corrected chi connectivity index (χ2v) is 5.57. The molecule has 4 heteroatoms. The number of carbonyl (C=O) groups is 2. The normalized spacial score (nSPS) is 26.2. The van der Waals surface area contributed by atoms with Crippen LogP contribution in [0.3, 0.4) is 0 Å². The standard InChI is InChI=1S/C12H21NO3/c1-12(2,3)13-10(14)8-6-4-5-7-9(8)11(15)16/h8-9H,4-7H2,1-3H3,(H,13,14)(H,15,16)/t8-,9+/m1/s1. The molecule has 0 radical (unpaired) electrons. The molecule has 1 amide bonds. The molecule has 0 saturated heterocycles. The Hall–Kier alpha value is -1.06. The maximum atomic E-state index is 12.0. The number of rotatable bonds is 2. The molecule has 0 spiro atoms. The summed E-state index contributed by atoms with van der Waals surface area (Å²) in [6, 6.07) is 0. The van der Waals surface area contributed by atoms with Gasteiger partial charge in [-0.2, -0.15) is 0 Å². The smallest absolute Gasteiger partial charge is 0.307 e. The maximum absolute atomic E-state index is 12.0. The highest BCUT2D eigenvalue weighted by Gasteiger charge is 2.36. The summed E-state index contributed by atoms with van der Waals surface area (Å²) in [5.74, 6) is -1.81. The summed E-state index contributed by atoms with van der Waals surface area (Å²) in [6.07, 6.45) is 3.18. The molecule has 1 aliphatic rings. The Morgan fingerprint density at radius 1 is 1.12 bits per heavy atom. The van der Waals surface area contributed by atoms with Crippen LogP contribution < -0.4 is 5.32 Å². The van der Waals surface area contributed by atoms with Gasteiger partial charge in [0.05, 0.1) is 11.8 Å². The summed E-state index contributed by atoms with van der Waals surface area (Å²) in [5.41, 5.74) is -0.294. The third-order valence-corrected chi connectivity index (χ3v) is 2.92. The Bertz CT molecular complexity index is 280. The highest BCUT2D eigenvalue weighted by atomic mass is 16.4. The molecule has 0 aliphatic heterocycles. The fraction of sp³-hybridized carbons (Fsp3) is 0.833. The van der Waals surface area contributed by atoms with E-state index in [9.17, 15) is 9.59 Å². The van der Waals surface area contributed by atoms with Crippen molar-refractivity contribution < 1.29 is 14.7 Å². The van der Waals surface area contributed by atoms with E-state index in [0.717, 1.165) is 12.8 Å². The topological polar surface area (TPSA) is 66.4 Å². The van der Waals surface area contributed by atoms with Crippen LogP contribution in [-0.2, 0) is 9.59 Å². The summed E-state index contributed by atoms with van der Waals surface area (Å²) < 4.78 is 0. The van der Waals surface area contributed by atoms with Crippen molar-refractivity contribution in [1.82, 2.24) is 5.32 Å². The van der Waals surface area contributed by atoms with Crippen LogP contribution in [0.15, 0.2) is 0 Å². The molecule has 4 nitrogen and oxygen atoms in total. The highest BCUT2D eigenvalue weighted by molar-refractivity contribution is 5.85. The van der Waals surface area contributed by atoms with Gasteiger partial charge in [-0.05, 0) is 33.6 Å². The molecule has 1 saturated carbocycles. The van der Waals surface area contributed by atoms with Crippen LogP contribution in [0.4, 0.5) is 0 Å². The third-order valence-electron chi connectivity index (χ3n) is 2.92. The number of carboxylic acid groups (broad SMARTS) is 1. The average Bonchev–Trinajstić information content (AvgIpc) is 2.15. The predicted octanol–water partition coefficient (Wildman–Crippen LogP) is 1.79. The fourth-order valence-corrected chi connectivity index (χ4v) is 2.20. The van der Waals surface area contributed by atoms with Crippen LogP contribution in [0.25, 0.3) is 0 Å². The van der Waals surface area contributed by atoms with Crippen molar-refractivity contribution in [2.24, 2.45) is 11.8 Å². The Labute approximate surface area is 96.4 Å². The van der Waals surface area contributed by atoms with Crippen molar-refractivity contribution in [2.75, 3.05) is 0 Å². The first-order valence-corrected chi connectivity index (χ1v) is 5.86. The third kappa shape index (κ3) is 3.51. The summed E-state index contributed by atoms with van der Waals surface area (Å²) in [4.78, 5) is 23.0. The first kappa shape index (κ1) is 13.0. The zero-order valence-corrected chi connectivity index (χ0v) is 10.2. The van der Waals surface area contributed by atoms with Gasteiger partial charge < -0.3 is 10.4 Å². The zero-order chi connectivity index (χ0) is 12.3. The van der Waals surface area contributed by atoms with Gasteiger partial charge in [0.2, 0.25) is 5.91 Å². The summed E-state index contributed by atoms with van der Waals surface area (Å²) in [7, 11) is 0. The first-order chi connectivity index (χ1) is 7.31. The fourth-order valence-electron chi connectivity index (χ4n) is 2.20. The van der Waals surface area contributed by atoms with E-state index >= 15 is 0 Å². The van der Waals surface area contributed by atoms with Crippen molar-refractivity contribution in [2.45, 2.75) is 52.0 Å². The molecule has 0 unspecified atom stereocenters. The van der Waals surface area contributed by atoms with E-state index in [4.69, 9.17) is 5.11 Å². The van der Waals surface area contributed by atoms with E-state index in [0.29, 0.717) is 12.8 Å². The quantitative estimate of drug-likeness (QED) is 0.755. The SMILES string of the molecule is CC(C)(C)NC(=O)[C@@H]1CCCC[C@@H]1C(=O)O. The van der Waals surface area contributed by atoms with Crippen LogP contribution in [0.1, 0.15) is 46.5 Å². The molecule has 0 aromatic carbocycles. The molecule has 0 aromatic heterocycles. The van der Waals surface area contributed by atoms with E-state index in [1.165, 1.54) is 0 Å².